The molecule has 2 aliphatic heterocycles. The molecule has 1 fully saturated rings. The molecule has 1 aromatic heterocycles. The molecule has 3 heterocycles. The number of benzene rings is 2. The fraction of sp³-hybridized carbons (Fsp3) is 0.537. The number of aromatic nitrogens is 1. The van der Waals surface area contributed by atoms with Crippen molar-refractivity contribution >= 4 is 35.3 Å². The number of aliphatic hydroxyl groups is 1. The Morgan fingerprint density at radius 2 is 1.74 bits per heavy atom. The van der Waals surface area contributed by atoms with Gasteiger partial charge in [-0.2, -0.15) is 0 Å². The van der Waals surface area contributed by atoms with Crippen molar-refractivity contribution in [3.8, 4) is 11.5 Å². The second-order valence-corrected chi connectivity index (χ2v) is 16.8. The van der Waals surface area contributed by atoms with Crippen molar-refractivity contribution in [3.05, 3.63) is 75.7 Å². The second-order valence-electron chi connectivity index (χ2n) is 15.8. The lowest BCUT2D eigenvalue weighted by Crippen LogP contribution is -2.60. The van der Waals surface area contributed by atoms with Gasteiger partial charge in [-0.15, -0.1) is 11.3 Å². The Kier molecular flexibility index (Phi) is 15.3. The van der Waals surface area contributed by atoms with Crippen molar-refractivity contribution in [2.24, 2.45) is 11.3 Å². The average Bonchev–Trinajstić information content (AvgIpc) is 3.78. The molecule has 16 nitrogen and oxygen atoms in total. The monoisotopic (exact) mass is 823 g/mol. The van der Waals surface area contributed by atoms with Gasteiger partial charge in [-0.1, -0.05) is 77.4 Å². The maximum absolute atomic E-state index is 14.5. The molecule has 316 valence electrons. The van der Waals surface area contributed by atoms with E-state index in [-0.39, 0.29) is 31.5 Å². The van der Waals surface area contributed by atoms with Gasteiger partial charge in [0.25, 0.3) is 5.91 Å². The largest absolute Gasteiger partial charge is 0.486 e. The number of hydrogen-bond acceptors (Lipinski definition) is 11. The molecule has 0 unspecified atom stereocenters. The third kappa shape index (κ3) is 11.8. The Balaban J connectivity index is 1.39. The lowest BCUT2D eigenvalue weighted by Gasteiger charge is -2.36. The number of nitrogens with zero attached hydrogens (tertiary/aromatic N) is 4. The van der Waals surface area contributed by atoms with E-state index in [1.807, 2.05) is 55.6 Å². The van der Waals surface area contributed by atoms with E-state index in [1.165, 1.54) is 16.3 Å². The molecule has 5 atom stereocenters. The van der Waals surface area contributed by atoms with Gasteiger partial charge in [0, 0.05) is 38.7 Å². The summed E-state index contributed by atoms with van der Waals surface area (Å²) in [7, 11) is 1.60. The Morgan fingerprint density at radius 1 is 1.02 bits per heavy atom. The van der Waals surface area contributed by atoms with Crippen LogP contribution in [0.1, 0.15) is 62.9 Å². The standard InChI is InChI=1S/C41H57N7O9S/c1-7-26(2)35(48-16-15-46(40(48)54)22-29-25-58-34(42-29)24-55-6)37(50)43-30(19-27-11-9-8-10-12-27)31(49)23-47(45-38(51)36(41(3,4)5)44-39(52)53)21-28-13-14-32-33(20-28)57-18-17-56-32/h8-14,20,25-26,30-31,35-36,44,49H,7,15-19,21-24H2,1-6H3,(H,43,50)(H,45,51)(H,52,53)/t26-,30-,31-,35-,36+/m0/s1. The molecule has 2 aliphatic rings. The molecule has 0 saturated carbocycles. The maximum Gasteiger partial charge on any atom is 0.405 e. The van der Waals surface area contributed by atoms with Crippen molar-refractivity contribution < 1.29 is 43.6 Å². The number of rotatable bonds is 19. The third-order valence-electron chi connectivity index (χ3n) is 10.3. The van der Waals surface area contributed by atoms with Crippen molar-refractivity contribution in [3.63, 3.8) is 0 Å². The van der Waals surface area contributed by atoms with Crippen LogP contribution < -0.4 is 25.5 Å². The summed E-state index contributed by atoms with van der Waals surface area (Å²) < 4.78 is 16.7. The van der Waals surface area contributed by atoms with Crippen LogP contribution in [0.4, 0.5) is 9.59 Å². The SMILES string of the molecule is CC[C@H](C)[C@@H](C(=O)N[C@@H](Cc1ccccc1)[C@@H](O)CN(Cc1ccc2c(c1)OCCO2)NC(=O)[C@@H](NC(=O)O)C(C)(C)C)N1CCN(Cc2csc(COC)n2)C1=O. The average molecular weight is 824 g/mol. The summed E-state index contributed by atoms with van der Waals surface area (Å²) in [5, 5.41) is 31.3. The molecular formula is C41H57N7O9S. The number of hydrogen-bond donors (Lipinski definition) is 5. The smallest absolute Gasteiger partial charge is 0.405 e. The number of carbonyl (C=O) groups excluding carboxylic acids is 3. The number of urea groups is 1. The van der Waals surface area contributed by atoms with Crippen molar-refractivity contribution in [1.29, 1.82) is 0 Å². The first kappa shape index (κ1) is 44.1. The summed E-state index contributed by atoms with van der Waals surface area (Å²) in [6.07, 6.45) is -1.74. The van der Waals surface area contributed by atoms with Gasteiger partial charge in [0.1, 0.15) is 30.3 Å². The van der Waals surface area contributed by atoms with Gasteiger partial charge in [0.2, 0.25) is 5.91 Å². The van der Waals surface area contributed by atoms with Crippen LogP contribution in [0.2, 0.25) is 0 Å². The van der Waals surface area contributed by atoms with Crippen LogP contribution in [0.5, 0.6) is 11.5 Å². The first-order chi connectivity index (χ1) is 27.7. The van der Waals surface area contributed by atoms with E-state index < -0.39 is 47.6 Å². The summed E-state index contributed by atoms with van der Waals surface area (Å²) >= 11 is 1.47. The highest BCUT2D eigenvalue weighted by Crippen LogP contribution is 2.31. The Hall–Kier alpha value is -4.97. The number of ether oxygens (including phenoxy) is 3. The van der Waals surface area contributed by atoms with Gasteiger partial charge in [0.15, 0.2) is 11.5 Å². The Bertz CT molecular complexity index is 1860. The number of fused-ring (bicyclic) bond motifs is 1. The molecular weight excluding hydrogens is 767 g/mol. The summed E-state index contributed by atoms with van der Waals surface area (Å²) in [4.78, 5) is 61.8. The molecule has 0 spiro atoms. The number of hydrazine groups is 1. The van der Waals surface area contributed by atoms with Crippen LogP contribution in [0.3, 0.4) is 0 Å². The van der Waals surface area contributed by atoms with Crippen LogP contribution >= 0.6 is 11.3 Å². The second kappa shape index (κ2) is 20.1. The predicted octanol–water partition coefficient (Wildman–Crippen LogP) is 4.02. The molecule has 1 saturated heterocycles. The minimum Gasteiger partial charge on any atom is -0.486 e. The normalized spacial score (nSPS) is 16.7. The summed E-state index contributed by atoms with van der Waals surface area (Å²) in [5.41, 5.74) is 4.38. The van der Waals surface area contributed by atoms with E-state index in [9.17, 15) is 29.4 Å². The first-order valence-corrected chi connectivity index (χ1v) is 20.5. The lowest BCUT2D eigenvalue weighted by molar-refractivity contribution is -0.132. The first-order valence-electron chi connectivity index (χ1n) is 19.6. The van der Waals surface area contributed by atoms with E-state index in [1.54, 1.807) is 49.8 Å². The van der Waals surface area contributed by atoms with Crippen molar-refractivity contribution in [2.75, 3.05) is 40.0 Å². The summed E-state index contributed by atoms with van der Waals surface area (Å²) in [5.74, 6) is -0.109. The van der Waals surface area contributed by atoms with E-state index in [2.05, 4.69) is 21.0 Å². The highest BCUT2D eigenvalue weighted by Gasteiger charge is 2.41. The zero-order chi connectivity index (χ0) is 42.0. The fourth-order valence-electron chi connectivity index (χ4n) is 7.09. The number of amides is 5. The van der Waals surface area contributed by atoms with Crippen LogP contribution in [0.25, 0.3) is 0 Å². The van der Waals surface area contributed by atoms with E-state index in [0.717, 1.165) is 21.8 Å². The van der Waals surface area contributed by atoms with Gasteiger partial charge in [-0.05, 0) is 41.0 Å². The number of carboxylic acid groups (broad SMARTS) is 1. The molecule has 0 aliphatic carbocycles. The Morgan fingerprint density at radius 3 is 2.41 bits per heavy atom. The van der Waals surface area contributed by atoms with E-state index in [4.69, 9.17) is 14.2 Å². The molecule has 2 aromatic carbocycles. The van der Waals surface area contributed by atoms with Crippen LogP contribution in [-0.4, -0.2) is 118 Å². The molecule has 3 aromatic rings. The number of methoxy groups -OCH3 is 1. The van der Waals surface area contributed by atoms with Gasteiger partial charge in [-0.25, -0.2) is 19.6 Å². The highest BCUT2D eigenvalue weighted by atomic mass is 32.1. The van der Waals surface area contributed by atoms with Gasteiger partial charge < -0.3 is 44.9 Å². The number of nitrogens with one attached hydrogen (secondary N) is 3. The molecule has 5 amide bonds. The number of thiazole rings is 1. The lowest BCUT2D eigenvalue weighted by atomic mass is 9.86. The van der Waals surface area contributed by atoms with Gasteiger partial charge >= 0.3 is 12.1 Å². The van der Waals surface area contributed by atoms with E-state index >= 15 is 0 Å². The van der Waals surface area contributed by atoms with E-state index in [0.29, 0.717) is 57.4 Å². The van der Waals surface area contributed by atoms with Crippen LogP contribution in [0, 0.1) is 11.3 Å². The van der Waals surface area contributed by atoms with Gasteiger partial charge in [-0.3, -0.25) is 15.0 Å². The summed E-state index contributed by atoms with van der Waals surface area (Å²) in [6, 6.07) is 11.7. The number of aliphatic hydroxyl groups excluding tert-OH is 1. The number of carbonyl (C=O) groups is 4. The van der Waals surface area contributed by atoms with Crippen molar-refractivity contribution in [2.45, 2.75) is 91.4 Å². The molecule has 0 bridgehead atoms. The van der Waals surface area contributed by atoms with Crippen molar-refractivity contribution in [1.82, 2.24) is 35.9 Å². The fourth-order valence-corrected chi connectivity index (χ4v) is 7.85. The molecule has 17 heteroatoms. The maximum atomic E-state index is 14.5. The molecule has 5 N–H and O–H groups in total. The minimum absolute atomic E-state index is 0.0922. The zero-order valence-electron chi connectivity index (χ0n) is 34.1. The van der Waals surface area contributed by atoms with Crippen LogP contribution in [-0.2, 0) is 40.4 Å². The van der Waals surface area contributed by atoms with Gasteiger partial charge in [0.05, 0.1) is 31.0 Å². The summed E-state index contributed by atoms with van der Waals surface area (Å²) in [6.45, 7) is 11.3. The highest BCUT2D eigenvalue weighted by molar-refractivity contribution is 7.09. The minimum atomic E-state index is -1.35. The molecule has 0 radical (unpaired) electrons. The predicted molar refractivity (Wildman–Crippen MR) is 217 cm³/mol. The van der Waals surface area contributed by atoms with Crippen LogP contribution in [0.15, 0.2) is 53.9 Å². The molecule has 58 heavy (non-hydrogen) atoms. The topological polar surface area (TPSA) is 195 Å². The quantitative estimate of drug-likeness (QED) is 0.110. The zero-order valence-corrected chi connectivity index (χ0v) is 34.9. The third-order valence-corrected chi connectivity index (χ3v) is 11.1. The molecule has 5 rings (SSSR count). The Labute approximate surface area is 343 Å².